The topological polar surface area (TPSA) is 46.6 Å². The molecule has 0 aromatic carbocycles. The molecule has 24 heavy (non-hydrogen) atoms. The van der Waals surface area contributed by atoms with Crippen LogP contribution < -0.4 is 0 Å². The van der Waals surface area contributed by atoms with Gasteiger partial charge in [0.2, 0.25) is 0 Å². The minimum atomic E-state index is -0.248. The summed E-state index contributed by atoms with van der Waals surface area (Å²) < 4.78 is 5.16. The second kappa shape index (κ2) is 17.1. The molecule has 0 aromatic heterocycles. The number of hydrogen-bond acceptors (Lipinski definition) is 4. The molecule has 0 bridgehead atoms. The first-order valence-corrected chi connectivity index (χ1v) is 10.8. The van der Waals surface area contributed by atoms with Gasteiger partial charge in [-0.15, -0.1) is 0 Å². The van der Waals surface area contributed by atoms with Crippen LogP contribution in [0.2, 0.25) is 0 Å². The lowest BCUT2D eigenvalue weighted by Crippen LogP contribution is -2.36. The number of hydrogen-bond donors (Lipinski definition) is 0. The summed E-state index contributed by atoms with van der Waals surface area (Å²) >= 11 is 1.86. The average molecular weight is 360 g/mol. The number of rotatable bonds is 16. The SMILES string of the molecule is CCCCCN(CCCCC)C(=O)COC(=O)CCCSCCC. The van der Waals surface area contributed by atoms with E-state index in [2.05, 4.69) is 20.8 Å². The van der Waals surface area contributed by atoms with Crippen molar-refractivity contribution in [2.24, 2.45) is 0 Å². The Kier molecular flexibility index (Phi) is 16.6. The molecule has 0 fully saturated rings. The Bertz CT molecular complexity index is 314. The minimum absolute atomic E-state index is 0.0454. The fraction of sp³-hybridized carbons (Fsp3) is 0.895. The molecule has 0 aromatic rings. The van der Waals surface area contributed by atoms with Crippen molar-refractivity contribution in [1.29, 1.82) is 0 Å². The highest BCUT2D eigenvalue weighted by Crippen LogP contribution is 2.07. The molecular weight excluding hydrogens is 322 g/mol. The van der Waals surface area contributed by atoms with Crippen molar-refractivity contribution in [2.75, 3.05) is 31.2 Å². The lowest BCUT2D eigenvalue weighted by molar-refractivity contribution is -0.152. The Balaban J connectivity index is 4.02. The summed E-state index contributed by atoms with van der Waals surface area (Å²) in [6, 6.07) is 0. The maximum Gasteiger partial charge on any atom is 0.306 e. The van der Waals surface area contributed by atoms with Gasteiger partial charge in [-0.3, -0.25) is 9.59 Å². The number of carbonyl (C=O) groups excluding carboxylic acids is 2. The minimum Gasteiger partial charge on any atom is -0.456 e. The average Bonchev–Trinajstić information content (AvgIpc) is 2.58. The van der Waals surface area contributed by atoms with Gasteiger partial charge in [-0.25, -0.2) is 0 Å². The fourth-order valence-electron chi connectivity index (χ4n) is 2.34. The molecule has 0 spiro atoms. The van der Waals surface area contributed by atoms with E-state index in [0.717, 1.165) is 76.0 Å². The van der Waals surface area contributed by atoms with Gasteiger partial charge in [-0.1, -0.05) is 46.5 Å². The molecule has 0 radical (unpaired) electrons. The fourth-order valence-corrected chi connectivity index (χ4v) is 3.18. The monoisotopic (exact) mass is 359 g/mol. The second-order valence-electron chi connectivity index (χ2n) is 6.17. The Labute approximate surface area is 153 Å². The zero-order valence-corrected chi connectivity index (χ0v) is 16.8. The lowest BCUT2D eigenvalue weighted by atomic mass is 10.2. The summed E-state index contributed by atoms with van der Waals surface area (Å²) in [5, 5.41) is 0. The molecule has 0 saturated heterocycles. The standard InChI is InChI=1S/C19H37NO3S/c1-4-7-9-13-20(14-10-8-5-2)18(21)17-23-19(22)12-11-16-24-15-6-3/h4-17H2,1-3H3. The van der Waals surface area contributed by atoms with Gasteiger partial charge in [0.1, 0.15) is 0 Å². The van der Waals surface area contributed by atoms with Crippen molar-refractivity contribution in [3.05, 3.63) is 0 Å². The largest absolute Gasteiger partial charge is 0.456 e. The van der Waals surface area contributed by atoms with Gasteiger partial charge in [0.25, 0.3) is 5.91 Å². The van der Waals surface area contributed by atoms with Gasteiger partial charge in [0.05, 0.1) is 0 Å². The summed E-state index contributed by atoms with van der Waals surface area (Å²) in [6.45, 7) is 7.93. The number of ether oxygens (including phenoxy) is 1. The quantitative estimate of drug-likeness (QED) is 0.297. The number of thioether (sulfide) groups is 1. The van der Waals surface area contributed by atoms with Crippen LogP contribution in [0, 0.1) is 0 Å². The molecule has 0 N–H and O–H groups in total. The maximum atomic E-state index is 12.3. The van der Waals surface area contributed by atoms with Crippen molar-refractivity contribution in [2.45, 2.75) is 78.6 Å². The van der Waals surface area contributed by atoms with Gasteiger partial charge in [0.15, 0.2) is 6.61 Å². The van der Waals surface area contributed by atoms with Crippen LogP contribution in [-0.4, -0.2) is 48.0 Å². The van der Waals surface area contributed by atoms with E-state index in [4.69, 9.17) is 4.74 Å². The molecule has 0 aliphatic carbocycles. The Morgan fingerprint density at radius 2 is 1.46 bits per heavy atom. The van der Waals surface area contributed by atoms with E-state index in [0.29, 0.717) is 6.42 Å². The molecule has 0 rings (SSSR count). The first kappa shape index (κ1) is 23.3. The Morgan fingerprint density at radius 3 is 2.00 bits per heavy atom. The predicted octanol–water partition coefficient (Wildman–Crippen LogP) is 4.66. The number of amides is 1. The zero-order valence-electron chi connectivity index (χ0n) is 16.0. The highest BCUT2D eigenvalue weighted by molar-refractivity contribution is 7.99. The van der Waals surface area contributed by atoms with E-state index >= 15 is 0 Å². The molecule has 0 unspecified atom stereocenters. The van der Waals surface area contributed by atoms with Gasteiger partial charge in [-0.2, -0.15) is 11.8 Å². The summed E-state index contributed by atoms with van der Waals surface area (Å²) in [5.74, 6) is 1.83. The first-order chi connectivity index (χ1) is 11.7. The van der Waals surface area contributed by atoms with Crippen molar-refractivity contribution >= 4 is 23.6 Å². The van der Waals surface area contributed by atoms with E-state index < -0.39 is 0 Å². The van der Waals surface area contributed by atoms with Crippen molar-refractivity contribution < 1.29 is 14.3 Å². The molecule has 0 aliphatic heterocycles. The van der Waals surface area contributed by atoms with Gasteiger partial charge >= 0.3 is 5.97 Å². The van der Waals surface area contributed by atoms with Crippen molar-refractivity contribution in [3.63, 3.8) is 0 Å². The molecule has 0 saturated carbocycles. The first-order valence-electron chi connectivity index (χ1n) is 9.66. The van der Waals surface area contributed by atoms with Gasteiger partial charge in [0, 0.05) is 19.5 Å². The van der Waals surface area contributed by atoms with Crippen LogP contribution in [-0.2, 0) is 14.3 Å². The van der Waals surface area contributed by atoms with Gasteiger partial charge < -0.3 is 9.64 Å². The second-order valence-corrected chi connectivity index (χ2v) is 7.40. The summed E-state index contributed by atoms with van der Waals surface area (Å²) in [7, 11) is 0. The van der Waals surface area contributed by atoms with Crippen LogP contribution in [0.5, 0.6) is 0 Å². The number of nitrogens with zero attached hydrogens (tertiary/aromatic N) is 1. The van der Waals surface area contributed by atoms with Crippen LogP contribution in [0.1, 0.15) is 78.6 Å². The lowest BCUT2D eigenvalue weighted by Gasteiger charge is -2.22. The zero-order chi connectivity index (χ0) is 18.0. The molecule has 142 valence electrons. The number of unbranched alkanes of at least 4 members (excludes halogenated alkanes) is 4. The highest BCUT2D eigenvalue weighted by atomic mass is 32.2. The maximum absolute atomic E-state index is 12.3. The molecule has 1 amide bonds. The molecule has 5 heteroatoms. The predicted molar refractivity (Wildman–Crippen MR) is 103 cm³/mol. The van der Waals surface area contributed by atoms with E-state index in [9.17, 15) is 9.59 Å². The number of carbonyl (C=O) groups is 2. The van der Waals surface area contributed by atoms with E-state index in [1.54, 1.807) is 0 Å². The smallest absolute Gasteiger partial charge is 0.306 e. The van der Waals surface area contributed by atoms with E-state index in [-0.39, 0.29) is 18.5 Å². The third-order valence-electron chi connectivity index (χ3n) is 3.79. The summed E-state index contributed by atoms with van der Waals surface area (Å²) in [6.07, 6.45) is 9.00. The van der Waals surface area contributed by atoms with E-state index in [1.165, 1.54) is 0 Å². The van der Waals surface area contributed by atoms with E-state index in [1.807, 2.05) is 16.7 Å². The van der Waals surface area contributed by atoms with Crippen LogP contribution in [0.3, 0.4) is 0 Å². The Morgan fingerprint density at radius 1 is 0.833 bits per heavy atom. The molecule has 0 atom stereocenters. The van der Waals surface area contributed by atoms with Crippen molar-refractivity contribution in [3.8, 4) is 0 Å². The van der Waals surface area contributed by atoms with Crippen LogP contribution in [0.25, 0.3) is 0 Å². The summed E-state index contributed by atoms with van der Waals surface area (Å²) in [5.41, 5.74) is 0. The van der Waals surface area contributed by atoms with Crippen molar-refractivity contribution in [1.82, 2.24) is 4.90 Å². The highest BCUT2D eigenvalue weighted by Gasteiger charge is 2.15. The summed E-state index contributed by atoms with van der Waals surface area (Å²) in [4.78, 5) is 25.9. The molecular formula is C19H37NO3S. The van der Waals surface area contributed by atoms with Crippen LogP contribution >= 0.6 is 11.8 Å². The van der Waals surface area contributed by atoms with Crippen LogP contribution in [0.15, 0.2) is 0 Å². The third-order valence-corrected chi connectivity index (χ3v) is 5.06. The van der Waals surface area contributed by atoms with Crippen LogP contribution in [0.4, 0.5) is 0 Å². The third kappa shape index (κ3) is 13.7. The molecule has 0 heterocycles. The number of esters is 1. The molecule has 4 nitrogen and oxygen atoms in total. The van der Waals surface area contributed by atoms with Gasteiger partial charge in [-0.05, 0) is 37.2 Å². The normalized spacial score (nSPS) is 10.6. The molecule has 0 aliphatic rings. The Hall–Kier alpha value is -0.710.